The molecule has 0 fully saturated rings. The van der Waals surface area contributed by atoms with Crippen molar-refractivity contribution in [3.63, 3.8) is 0 Å². The van der Waals surface area contributed by atoms with E-state index in [1.807, 2.05) is 0 Å². The minimum absolute atomic E-state index is 0.254. The van der Waals surface area contributed by atoms with E-state index in [1.165, 1.54) is 17.0 Å². The molecule has 17 heavy (non-hydrogen) atoms. The Bertz CT molecular complexity index is 404. The third-order valence-corrected chi connectivity index (χ3v) is 2.25. The lowest BCUT2D eigenvalue weighted by atomic mass is 10.2. The lowest BCUT2D eigenvalue weighted by Gasteiger charge is -2.21. The summed E-state index contributed by atoms with van der Waals surface area (Å²) in [7, 11) is 0. The van der Waals surface area contributed by atoms with Crippen LogP contribution in [0.1, 0.15) is 12.5 Å². The predicted octanol–water partition coefficient (Wildman–Crippen LogP) is 2.62. The van der Waals surface area contributed by atoms with Crippen molar-refractivity contribution in [1.82, 2.24) is 0 Å². The Balaban J connectivity index is 3.01. The van der Waals surface area contributed by atoms with Crippen LogP contribution in [-0.4, -0.2) is 24.2 Å². The highest BCUT2D eigenvalue weighted by Gasteiger charge is 2.30. The molecule has 1 aromatic rings. The molecule has 0 spiro atoms. The minimum Gasteiger partial charge on any atom is -0.480 e. The highest BCUT2D eigenvalue weighted by atomic mass is 19.4. The molecular weight excluding hydrogens is 235 g/mol. The lowest BCUT2D eigenvalue weighted by Crippen LogP contribution is -2.29. The van der Waals surface area contributed by atoms with Crippen molar-refractivity contribution in [2.75, 3.05) is 18.0 Å². The van der Waals surface area contributed by atoms with Crippen LogP contribution in [0.2, 0.25) is 0 Å². The molecule has 0 heterocycles. The first kappa shape index (κ1) is 13.3. The van der Waals surface area contributed by atoms with Gasteiger partial charge in [-0.25, -0.2) is 0 Å². The number of carbonyl (C=O) groups is 1. The van der Waals surface area contributed by atoms with Crippen molar-refractivity contribution in [3.8, 4) is 0 Å². The maximum absolute atomic E-state index is 12.5. The molecule has 0 radical (unpaired) electrons. The van der Waals surface area contributed by atoms with Gasteiger partial charge in [0.25, 0.3) is 0 Å². The molecule has 0 aliphatic carbocycles. The molecule has 0 saturated carbocycles. The van der Waals surface area contributed by atoms with Gasteiger partial charge in [0.15, 0.2) is 0 Å². The van der Waals surface area contributed by atoms with E-state index in [-0.39, 0.29) is 12.2 Å². The number of likely N-dealkylation sites (N-methyl/N-ethyl adjacent to an activating group) is 1. The van der Waals surface area contributed by atoms with Crippen LogP contribution in [0.25, 0.3) is 0 Å². The fraction of sp³-hybridized carbons (Fsp3) is 0.364. The third-order valence-electron chi connectivity index (χ3n) is 2.25. The van der Waals surface area contributed by atoms with Gasteiger partial charge in [-0.15, -0.1) is 0 Å². The van der Waals surface area contributed by atoms with E-state index in [4.69, 9.17) is 5.11 Å². The number of aliphatic carboxylic acids is 1. The Labute approximate surface area is 96.5 Å². The second-order valence-corrected chi connectivity index (χ2v) is 3.46. The monoisotopic (exact) mass is 247 g/mol. The maximum atomic E-state index is 12.5. The van der Waals surface area contributed by atoms with Gasteiger partial charge < -0.3 is 10.0 Å². The van der Waals surface area contributed by atoms with Crippen molar-refractivity contribution in [3.05, 3.63) is 29.8 Å². The summed E-state index contributed by atoms with van der Waals surface area (Å²) in [6.45, 7) is 1.69. The second kappa shape index (κ2) is 5.07. The summed E-state index contributed by atoms with van der Waals surface area (Å²) >= 11 is 0. The Kier molecular flexibility index (Phi) is 3.98. The van der Waals surface area contributed by atoms with Crippen molar-refractivity contribution in [1.29, 1.82) is 0 Å². The van der Waals surface area contributed by atoms with Crippen LogP contribution in [-0.2, 0) is 11.0 Å². The highest BCUT2D eigenvalue weighted by molar-refractivity contribution is 5.73. The van der Waals surface area contributed by atoms with Crippen LogP contribution < -0.4 is 4.90 Å². The highest BCUT2D eigenvalue weighted by Crippen LogP contribution is 2.31. The number of rotatable bonds is 4. The molecule has 0 aliphatic heterocycles. The van der Waals surface area contributed by atoms with E-state index in [2.05, 4.69) is 0 Å². The number of benzene rings is 1. The number of alkyl halides is 3. The van der Waals surface area contributed by atoms with Crippen LogP contribution >= 0.6 is 0 Å². The summed E-state index contributed by atoms with van der Waals surface area (Å²) in [6, 6.07) is 4.63. The number of halogens is 3. The molecule has 6 heteroatoms. The first-order valence-corrected chi connectivity index (χ1v) is 4.98. The summed E-state index contributed by atoms with van der Waals surface area (Å²) in [5, 5.41) is 8.64. The van der Waals surface area contributed by atoms with Gasteiger partial charge in [-0.3, -0.25) is 4.79 Å². The number of carboxylic acids is 1. The van der Waals surface area contributed by atoms with Crippen molar-refractivity contribution < 1.29 is 23.1 Å². The number of anilines is 1. The van der Waals surface area contributed by atoms with Gasteiger partial charge in [0.2, 0.25) is 0 Å². The normalized spacial score (nSPS) is 11.3. The Morgan fingerprint density at radius 2 is 2.06 bits per heavy atom. The summed E-state index contributed by atoms with van der Waals surface area (Å²) in [5.41, 5.74) is -0.524. The van der Waals surface area contributed by atoms with Crippen LogP contribution in [0.15, 0.2) is 24.3 Å². The molecule has 0 atom stereocenters. The zero-order valence-corrected chi connectivity index (χ0v) is 9.16. The molecule has 1 N–H and O–H groups in total. The lowest BCUT2D eigenvalue weighted by molar-refractivity contribution is -0.137. The molecule has 94 valence electrons. The first-order valence-electron chi connectivity index (χ1n) is 4.98. The van der Waals surface area contributed by atoms with E-state index in [0.717, 1.165) is 12.1 Å². The fourth-order valence-corrected chi connectivity index (χ4v) is 1.43. The smallest absolute Gasteiger partial charge is 0.416 e. The van der Waals surface area contributed by atoms with Gasteiger partial charge in [0.1, 0.15) is 6.54 Å². The fourth-order valence-electron chi connectivity index (χ4n) is 1.43. The van der Waals surface area contributed by atoms with Crippen molar-refractivity contribution in [2.45, 2.75) is 13.1 Å². The molecule has 0 aliphatic rings. The topological polar surface area (TPSA) is 40.5 Å². The van der Waals surface area contributed by atoms with Crippen LogP contribution in [0, 0.1) is 0 Å². The Morgan fingerprint density at radius 1 is 1.41 bits per heavy atom. The summed E-state index contributed by atoms with van der Waals surface area (Å²) < 4.78 is 37.4. The average molecular weight is 247 g/mol. The molecule has 0 amide bonds. The first-order chi connectivity index (χ1) is 7.84. The van der Waals surface area contributed by atoms with Crippen molar-refractivity contribution >= 4 is 11.7 Å². The molecule has 0 bridgehead atoms. The number of hydrogen-bond donors (Lipinski definition) is 1. The van der Waals surface area contributed by atoms with Crippen LogP contribution in [0.5, 0.6) is 0 Å². The van der Waals surface area contributed by atoms with Gasteiger partial charge in [0.05, 0.1) is 5.56 Å². The third kappa shape index (κ3) is 3.65. The molecule has 0 aromatic heterocycles. The SMILES string of the molecule is CCN(CC(=O)O)c1cccc(C(F)(F)F)c1. The minimum atomic E-state index is -4.42. The largest absolute Gasteiger partial charge is 0.480 e. The number of carboxylic acid groups (broad SMARTS) is 1. The van der Waals surface area contributed by atoms with E-state index in [1.54, 1.807) is 6.92 Å². The molecule has 0 saturated heterocycles. The summed E-state index contributed by atoms with van der Waals surface area (Å²) in [6.07, 6.45) is -4.42. The Morgan fingerprint density at radius 3 is 2.53 bits per heavy atom. The van der Waals surface area contributed by atoms with Gasteiger partial charge in [-0.1, -0.05) is 6.07 Å². The van der Waals surface area contributed by atoms with Crippen LogP contribution in [0.4, 0.5) is 18.9 Å². The molecule has 1 rings (SSSR count). The van der Waals surface area contributed by atoms with E-state index < -0.39 is 17.7 Å². The van der Waals surface area contributed by atoms with Crippen LogP contribution in [0.3, 0.4) is 0 Å². The van der Waals surface area contributed by atoms with E-state index in [0.29, 0.717) is 6.54 Å². The van der Waals surface area contributed by atoms with Gasteiger partial charge in [-0.2, -0.15) is 13.2 Å². The molecule has 3 nitrogen and oxygen atoms in total. The van der Waals surface area contributed by atoms with Gasteiger partial charge >= 0.3 is 12.1 Å². The molecule has 1 aromatic carbocycles. The average Bonchev–Trinajstić information content (AvgIpc) is 2.24. The maximum Gasteiger partial charge on any atom is 0.416 e. The Hall–Kier alpha value is -1.72. The molecule has 0 unspecified atom stereocenters. The number of hydrogen-bond acceptors (Lipinski definition) is 2. The quantitative estimate of drug-likeness (QED) is 0.889. The predicted molar refractivity (Wildman–Crippen MR) is 57.0 cm³/mol. The second-order valence-electron chi connectivity index (χ2n) is 3.46. The summed E-state index contributed by atoms with van der Waals surface area (Å²) in [4.78, 5) is 11.9. The van der Waals surface area contributed by atoms with E-state index >= 15 is 0 Å². The van der Waals surface area contributed by atoms with Crippen molar-refractivity contribution in [2.24, 2.45) is 0 Å². The van der Waals surface area contributed by atoms with Gasteiger partial charge in [0, 0.05) is 12.2 Å². The molecular formula is C11H12F3NO2. The summed E-state index contributed by atoms with van der Waals surface area (Å²) in [5.74, 6) is -1.08. The standard InChI is InChI=1S/C11H12F3NO2/c1-2-15(7-10(16)17)9-5-3-4-8(6-9)11(12,13)14/h3-6H,2,7H2,1H3,(H,16,17). The zero-order valence-electron chi connectivity index (χ0n) is 9.16. The van der Waals surface area contributed by atoms with Gasteiger partial charge in [-0.05, 0) is 25.1 Å². The zero-order chi connectivity index (χ0) is 13.1. The van der Waals surface area contributed by atoms with E-state index in [9.17, 15) is 18.0 Å². The number of nitrogens with zero attached hydrogens (tertiary/aromatic N) is 1.